The van der Waals surface area contributed by atoms with E-state index in [0.717, 1.165) is 6.26 Å². The second kappa shape index (κ2) is 5.23. The van der Waals surface area contributed by atoms with Gasteiger partial charge < -0.3 is 9.73 Å². The molecule has 0 aliphatic carbocycles. The molecule has 0 saturated carbocycles. The number of carbonyl (C=O) groups excluding carboxylic acids is 1. The highest BCUT2D eigenvalue weighted by Gasteiger charge is 2.16. The summed E-state index contributed by atoms with van der Waals surface area (Å²) in [6.45, 7) is 0. The van der Waals surface area contributed by atoms with Crippen molar-refractivity contribution in [1.82, 2.24) is 0 Å². The molecule has 0 aliphatic rings. The number of para-hydroxylation sites is 1. The minimum Gasteiger partial charge on any atom is -0.463 e. The molecule has 0 spiro atoms. The molecule has 1 aromatic carbocycles. The number of rotatable bonds is 2. The molecule has 2 heterocycles. The number of fused-ring (bicyclic) bond motifs is 1. The molecule has 0 aliphatic heterocycles. The lowest BCUT2D eigenvalue weighted by Gasteiger charge is -2.03. The molecule has 0 radical (unpaired) electrons. The van der Waals surface area contributed by atoms with Crippen LogP contribution in [0.5, 0.6) is 0 Å². The van der Waals surface area contributed by atoms with Gasteiger partial charge in [0.1, 0.15) is 28.5 Å². The first-order chi connectivity index (χ1) is 10.2. The van der Waals surface area contributed by atoms with E-state index in [9.17, 15) is 9.59 Å². The van der Waals surface area contributed by atoms with E-state index in [0.29, 0.717) is 21.5 Å². The Hall–Kier alpha value is -2.91. The van der Waals surface area contributed by atoms with Crippen LogP contribution in [0.3, 0.4) is 0 Å². The number of anilines is 1. The third-order valence-electron chi connectivity index (χ3n) is 2.94. The Morgan fingerprint density at radius 3 is 2.90 bits per heavy atom. The van der Waals surface area contributed by atoms with Crippen molar-refractivity contribution in [1.29, 1.82) is 5.26 Å². The molecule has 21 heavy (non-hydrogen) atoms. The number of nitrogens with one attached hydrogen (secondary N) is 1. The number of nitrogens with zero attached hydrogens (tertiary/aromatic N) is 1. The predicted molar refractivity (Wildman–Crippen MR) is 79.5 cm³/mol. The van der Waals surface area contributed by atoms with Crippen molar-refractivity contribution in [2.45, 2.75) is 0 Å². The van der Waals surface area contributed by atoms with Crippen LogP contribution in [0.2, 0.25) is 0 Å². The van der Waals surface area contributed by atoms with Crippen LogP contribution >= 0.6 is 11.3 Å². The highest BCUT2D eigenvalue weighted by molar-refractivity contribution is 7.14. The lowest BCUT2D eigenvalue weighted by Crippen LogP contribution is -2.21. The van der Waals surface area contributed by atoms with Crippen LogP contribution in [0.1, 0.15) is 15.9 Å². The van der Waals surface area contributed by atoms with E-state index in [-0.39, 0.29) is 5.56 Å². The number of amides is 1. The van der Waals surface area contributed by atoms with Crippen LogP contribution in [0.15, 0.2) is 51.2 Å². The van der Waals surface area contributed by atoms with Gasteiger partial charge in [0.05, 0.1) is 10.9 Å². The number of thiophene rings is 1. The highest BCUT2D eigenvalue weighted by atomic mass is 32.1. The maximum atomic E-state index is 12.3. The van der Waals surface area contributed by atoms with Crippen molar-refractivity contribution >= 4 is 33.2 Å². The molecule has 0 unspecified atom stereocenters. The van der Waals surface area contributed by atoms with Crippen molar-refractivity contribution in [2.75, 3.05) is 5.32 Å². The van der Waals surface area contributed by atoms with Crippen LogP contribution in [0, 0.1) is 11.3 Å². The molecule has 0 fully saturated rings. The average Bonchev–Trinajstić information content (AvgIpc) is 2.95. The Balaban J connectivity index is 2.01. The third kappa shape index (κ3) is 2.30. The van der Waals surface area contributed by atoms with Crippen molar-refractivity contribution in [3.05, 3.63) is 63.3 Å². The molecule has 5 nitrogen and oxygen atoms in total. The summed E-state index contributed by atoms with van der Waals surface area (Å²) >= 11 is 1.22. The molecular formula is C15H8N2O3S. The lowest BCUT2D eigenvalue weighted by molar-refractivity contribution is 0.102. The smallest absolute Gasteiger partial charge is 0.263 e. The molecule has 3 rings (SSSR count). The zero-order valence-corrected chi connectivity index (χ0v) is 11.4. The fourth-order valence-corrected chi connectivity index (χ4v) is 2.63. The van der Waals surface area contributed by atoms with Gasteiger partial charge in [-0.15, -0.1) is 11.3 Å². The predicted octanol–water partition coefficient (Wildman–Crippen LogP) is 2.98. The Morgan fingerprint density at radius 2 is 2.10 bits per heavy atom. The van der Waals surface area contributed by atoms with Gasteiger partial charge in [0.2, 0.25) is 5.43 Å². The summed E-state index contributed by atoms with van der Waals surface area (Å²) in [7, 11) is 0. The Bertz CT molecular complexity index is 934. The average molecular weight is 296 g/mol. The molecule has 2 aromatic heterocycles. The molecule has 0 saturated heterocycles. The first-order valence-electron chi connectivity index (χ1n) is 6.00. The Kier molecular flexibility index (Phi) is 3.26. The summed E-state index contributed by atoms with van der Waals surface area (Å²) in [4.78, 5) is 24.4. The molecular weight excluding hydrogens is 288 g/mol. The van der Waals surface area contributed by atoms with E-state index < -0.39 is 11.3 Å². The first-order valence-corrected chi connectivity index (χ1v) is 6.88. The minimum atomic E-state index is -0.589. The summed E-state index contributed by atoms with van der Waals surface area (Å²) in [5.74, 6) is -0.589. The number of carbonyl (C=O) groups is 1. The Morgan fingerprint density at radius 1 is 1.29 bits per heavy atom. The van der Waals surface area contributed by atoms with E-state index >= 15 is 0 Å². The minimum absolute atomic E-state index is 0.0917. The van der Waals surface area contributed by atoms with Crippen molar-refractivity contribution in [2.24, 2.45) is 0 Å². The summed E-state index contributed by atoms with van der Waals surface area (Å²) < 4.78 is 5.30. The molecule has 0 atom stereocenters. The summed E-state index contributed by atoms with van der Waals surface area (Å²) in [5.41, 5.74) is 0.293. The largest absolute Gasteiger partial charge is 0.463 e. The van der Waals surface area contributed by atoms with Crippen LogP contribution in [0.25, 0.3) is 11.0 Å². The maximum absolute atomic E-state index is 12.3. The highest BCUT2D eigenvalue weighted by Crippen LogP contribution is 2.22. The van der Waals surface area contributed by atoms with Gasteiger partial charge in [-0.3, -0.25) is 9.59 Å². The van der Waals surface area contributed by atoms with Gasteiger partial charge in [-0.2, -0.15) is 5.26 Å². The van der Waals surface area contributed by atoms with Gasteiger partial charge in [-0.05, 0) is 23.6 Å². The van der Waals surface area contributed by atoms with Gasteiger partial charge in [0.25, 0.3) is 5.91 Å². The van der Waals surface area contributed by atoms with E-state index in [2.05, 4.69) is 5.32 Å². The number of hydrogen-bond acceptors (Lipinski definition) is 5. The number of hydrogen-bond donors (Lipinski definition) is 1. The Labute approximate surface area is 123 Å². The summed E-state index contributed by atoms with van der Waals surface area (Å²) in [6, 6.07) is 10.3. The molecule has 3 aromatic rings. The summed E-state index contributed by atoms with van der Waals surface area (Å²) in [5, 5.41) is 13.9. The third-order valence-corrected chi connectivity index (χ3v) is 3.77. The number of benzene rings is 1. The molecule has 1 N–H and O–H groups in total. The van der Waals surface area contributed by atoms with Crippen LogP contribution < -0.4 is 10.7 Å². The lowest BCUT2D eigenvalue weighted by atomic mass is 10.1. The standard InChI is InChI=1S/C15H8N2O3S/c16-7-9-5-6-21-15(9)17-14(19)11-8-20-12-4-2-1-3-10(12)13(11)18/h1-6,8H,(H,17,19). The van der Waals surface area contributed by atoms with Gasteiger partial charge in [0.15, 0.2) is 0 Å². The fraction of sp³-hybridized carbons (Fsp3) is 0. The normalized spacial score (nSPS) is 10.2. The van der Waals surface area contributed by atoms with Crippen LogP contribution in [0.4, 0.5) is 5.00 Å². The second-order valence-corrected chi connectivity index (χ2v) is 5.12. The molecule has 102 valence electrons. The van der Waals surface area contributed by atoms with Gasteiger partial charge >= 0.3 is 0 Å². The molecule has 6 heteroatoms. The monoisotopic (exact) mass is 296 g/mol. The van der Waals surface area contributed by atoms with Gasteiger partial charge in [0, 0.05) is 0 Å². The van der Waals surface area contributed by atoms with E-state index in [4.69, 9.17) is 9.68 Å². The van der Waals surface area contributed by atoms with Crippen LogP contribution in [-0.4, -0.2) is 5.91 Å². The fourth-order valence-electron chi connectivity index (χ4n) is 1.90. The second-order valence-electron chi connectivity index (χ2n) is 4.20. The van der Waals surface area contributed by atoms with Crippen molar-refractivity contribution in [3.8, 4) is 6.07 Å². The van der Waals surface area contributed by atoms with Gasteiger partial charge in [-0.1, -0.05) is 12.1 Å². The maximum Gasteiger partial charge on any atom is 0.263 e. The van der Waals surface area contributed by atoms with Crippen molar-refractivity contribution < 1.29 is 9.21 Å². The zero-order valence-electron chi connectivity index (χ0n) is 10.6. The number of nitriles is 1. The SMILES string of the molecule is N#Cc1ccsc1NC(=O)c1coc2ccccc2c1=O. The topological polar surface area (TPSA) is 83.1 Å². The zero-order chi connectivity index (χ0) is 14.8. The summed E-state index contributed by atoms with van der Waals surface area (Å²) in [6.07, 6.45) is 1.14. The first kappa shape index (κ1) is 13.1. The molecule has 1 amide bonds. The van der Waals surface area contributed by atoms with Gasteiger partial charge in [-0.25, -0.2) is 0 Å². The van der Waals surface area contributed by atoms with Crippen LogP contribution in [-0.2, 0) is 0 Å². The molecule has 0 bridgehead atoms. The van der Waals surface area contributed by atoms with E-state index in [1.807, 2.05) is 6.07 Å². The van der Waals surface area contributed by atoms with Crippen molar-refractivity contribution in [3.63, 3.8) is 0 Å². The quantitative estimate of drug-likeness (QED) is 0.788. The van der Waals surface area contributed by atoms with E-state index in [1.165, 1.54) is 11.3 Å². The van der Waals surface area contributed by atoms with E-state index in [1.54, 1.807) is 35.7 Å².